The number of anilines is 1. The number of aliphatic imine (C=N–C) groups is 1. The Balaban J connectivity index is 1.40. The van der Waals surface area contributed by atoms with Crippen molar-refractivity contribution >= 4 is 11.6 Å². The Morgan fingerprint density at radius 2 is 1.97 bits per heavy atom. The highest BCUT2D eigenvalue weighted by Crippen LogP contribution is 2.23. The van der Waals surface area contributed by atoms with Gasteiger partial charge in [0.1, 0.15) is 24.5 Å². The summed E-state index contributed by atoms with van der Waals surface area (Å²) in [5.74, 6) is 2.79. The maximum Gasteiger partial charge on any atom is 0.194 e. The molecule has 170 valence electrons. The van der Waals surface area contributed by atoms with Crippen LogP contribution in [0.25, 0.3) is 0 Å². The summed E-state index contributed by atoms with van der Waals surface area (Å²) < 4.78 is 7.57. The van der Waals surface area contributed by atoms with Gasteiger partial charge in [-0.25, -0.2) is 4.99 Å². The second kappa shape index (κ2) is 10.3. The lowest BCUT2D eigenvalue weighted by atomic mass is 10.1. The number of nitrogens with zero attached hydrogens (tertiary/aromatic N) is 6. The van der Waals surface area contributed by atoms with Crippen molar-refractivity contribution < 1.29 is 4.42 Å². The number of benzene rings is 1. The van der Waals surface area contributed by atoms with Crippen molar-refractivity contribution in [2.75, 3.05) is 37.6 Å². The van der Waals surface area contributed by atoms with E-state index in [0.29, 0.717) is 6.54 Å². The molecule has 0 aliphatic carbocycles. The average molecular weight is 436 g/mol. The topological polar surface area (TPSA) is 74.7 Å². The highest BCUT2D eigenvalue weighted by Gasteiger charge is 2.21. The summed E-state index contributed by atoms with van der Waals surface area (Å²) in [7, 11) is 0. The van der Waals surface area contributed by atoms with E-state index in [1.165, 1.54) is 16.8 Å². The van der Waals surface area contributed by atoms with Crippen LogP contribution in [0, 0.1) is 13.8 Å². The van der Waals surface area contributed by atoms with E-state index in [2.05, 4.69) is 68.9 Å². The van der Waals surface area contributed by atoms with Crippen LogP contribution in [-0.2, 0) is 19.5 Å². The SMILES string of the molecule is CCc1nncn1CCNC(=NCc1ccco1)N1CCN(c2cccc(C)c2C)CC1. The van der Waals surface area contributed by atoms with E-state index < -0.39 is 0 Å². The number of guanidine groups is 1. The van der Waals surface area contributed by atoms with E-state index >= 15 is 0 Å². The minimum atomic E-state index is 0.527. The van der Waals surface area contributed by atoms with Crippen LogP contribution in [0.3, 0.4) is 0 Å². The molecule has 0 bridgehead atoms. The van der Waals surface area contributed by atoms with Gasteiger partial charge >= 0.3 is 0 Å². The van der Waals surface area contributed by atoms with Crippen molar-refractivity contribution in [3.63, 3.8) is 0 Å². The van der Waals surface area contributed by atoms with Crippen LogP contribution in [0.4, 0.5) is 5.69 Å². The van der Waals surface area contributed by atoms with Crippen LogP contribution in [0.15, 0.2) is 52.3 Å². The Morgan fingerprint density at radius 3 is 2.72 bits per heavy atom. The molecule has 32 heavy (non-hydrogen) atoms. The van der Waals surface area contributed by atoms with E-state index in [9.17, 15) is 0 Å². The van der Waals surface area contributed by atoms with Gasteiger partial charge in [0, 0.05) is 51.4 Å². The normalized spacial score (nSPS) is 14.8. The number of hydrogen-bond acceptors (Lipinski definition) is 5. The number of aryl methyl sites for hydroxylation is 2. The zero-order valence-electron chi connectivity index (χ0n) is 19.3. The van der Waals surface area contributed by atoms with Gasteiger partial charge in [-0.05, 0) is 43.2 Å². The molecular weight excluding hydrogens is 402 g/mol. The summed E-state index contributed by atoms with van der Waals surface area (Å²) in [5.41, 5.74) is 4.05. The standard InChI is InChI=1S/C24H33N7O/c1-4-23-28-27-18-31(23)11-10-25-24(26-17-21-8-6-16-32-21)30-14-12-29(13-15-30)22-9-5-7-19(2)20(22)3/h5-9,16,18H,4,10-15,17H2,1-3H3,(H,25,26). The van der Waals surface area contributed by atoms with Gasteiger partial charge in [0.15, 0.2) is 5.96 Å². The lowest BCUT2D eigenvalue weighted by molar-refractivity contribution is 0.369. The largest absolute Gasteiger partial charge is 0.467 e. The fourth-order valence-electron chi connectivity index (χ4n) is 4.09. The van der Waals surface area contributed by atoms with Gasteiger partial charge < -0.3 is 24.1 Å². The molecule has 3 heterocycles. The Bertz CT molecular complexity index is 1020. The molecule has 1 aliphatic rings. The van der Waals surface area contributed by atoms with Crippen LogP contribution in [0.2, 0.25) is 0 Å². The Labute approximate surface area is 190 Å². The Kier molecular flexibility index (Phi) is 7.09. The van der Waals surface area contributed by atoms with Gasteiger partial charge in [0.05, 0.1) is 6.26 Å². The molecule has 0 atom stereocenters. The lowest BCUT2D eigenvalue weighted by Crippen LogP contribution is -2.53. The zero-order valence-corrected chi connectivity index (χ0v) is 19.3. The Morgan fingerprint density at radius 1 is 1.12 bits per heavy atom. The second-order valence-corrected chi connectivity index (χ2v) is 8.13. The number of nitrogens with one attached hydrogen (secondary N) is 1. The third-order valence-corrected chi connectivity index (χ3v) is 6.11. The van der Waals surface area contributed by atoms with Gasteiger partial charge in [-0.3, -0.25) is 0 Å². The molecular formula is C24H33N7O. The van der Waals surface area contributed by atoms with E-state index in [1.807, 2.05) is 12.1 Å². The number of piperazine rings is 1. The van der Waals surface area contributed by atoms with Crippen LogP contribution in [-0.4, -0.2) is 58.3 Å². The van der Waals surface area contributed by atoms with Gasteiger partial charge in [0.25, 0.3) is 0 Å². The first kappa shape index (κ1) is 21.9. The minimum absolute atomic E-state index is 0.527. The summed E-state index contributed by atoms with van der Waals surface area (Å²) in [6.45, 7) is 12.4. The average Bonchev–Trinajstić information content (AvgIpc) is 3.50. The molecule has 1 saturated heterocycles. The first-order valence-corrected chi connectivity index (χ1v) is 11.4. The van der Waals surface area contributed by atoms with Gasteiger partial charge in [-0.2, -0.15) is 0 Å². The highest BCUT2D eigenvalue weighted by molar-refractivity contribution is 5.80. The summed E-state index contributed by atoms with van der Waals surface area (Å²) in [6, 6.07) is 10.4. The van der Waals surface area contributed by atoms with Gasteiger partial charge in [0.2, 0.25) is 0 Å². The number of rotatable bonds is 7. The van der Waals surface area contributed by atoms with Crippen molar-refractivity contribution in [3.8, 4) is 0 Å². The Hall–Kier alpha value is -3.29. The number of hydrogen-bond donors (Lipinski definition) is 1. The van der Waals surface area contributed by atoms with Crippen molar-refractivity contribution in [3.05, 3.63) is 65.6 Å². The molecule has 4 rings (SSSR count). The molecule has 1 aliphatic heterocycles. The molecule has 0 spiro atoms. The summed E-state index contributed by atoms with van der Waals surface area (Å²) in [6.07, 6.45) is 4.36. The lowest BCUT2D eigenvalue weighted by Gasteiger charge is -2.38. The third-order valence-electron chi connectivity index (χ3n) is 6.11. The van der Waals surface area contributed by atoms with Crippen molar-refractivity contribution in [1.29, 1.82) is 0 Å². The predicted octanol–water partition coefficient (Wildman–Crippen LogP) is 3.02. The number of furan rings is 1. The summed E-state index contributed by atoms with van der Waals surface area (Å²) in [4.78, 5) is 9.68. The first-order valence-electron chi connectivity index (χ1n) is 11.4. The first-order chi connectivity index (χ1) is 15.7. The quantitative estimate of drug-likeness (QED) is 0.454. The van der Waals surface area contributed by atoms with Crippen molar-refractivity contribution in [1.82, 2.24) is 25.0 Å². The van der Waals surface area contributed by atoms with Gasteiger partial charge in [-0.1, -0.05) is 19.1 Å². The van der Waals surface area contributed by atoms with Crippen molar-refractivity contribution in [2.24, 2.45) is 4.99 Å². The summed E-state index contributed by atoms with van der Waals surface area (Å²) in [5, 5.41) is 11.8. The maximum absolute atomic E-state index is 5.48. The van der Waals surface area contributed by atoms with Crippen LogP contribution >= 0.6 is 0 Å². The molecule has 0 saturated carbocycles. The van der Waals surface area contributed by atoms with Crippen LogP contribution < -0.4 is 10.2 Å². The zero-order chi connectivity index (χ0) is 22.3. The fraction of sp³-hybridized carbons (Fsp3) is 0.458. The molecule has 3 aromatic rings. The molecule has 1 N–H and O–H groups in total. The predicted molar refractivity (Wildman–Crippen MR) is 127 cm³/mol. The minimum Gasteiger partial charge on any atom is -0.467 e. The van der Waals surface area contributed by atoms with Crippen LogP contribution in [0.1, 0.15) is 29.6 Å². The second-order valence-electron chi connectivity index (χ2n) is 8.13. The van der Waals surface area contributed by atoms with Crippen molar-refractivity contribution in [2.45, 2.75) is 40.3 Å². The van der Waals surface area contributed by atoms with Crippen LogP contribution in [0.5, 0.6) is 0 Å². The molecule has 8 nitrogen and oxygen atoms in total. The van der Waals surface area contributed by atoms with Gasteiger partial charge in [-0.15, -0.1) is 10.2 Å². The molecule has 1 fully saturated rings. The smallest absolute Gasteiger partial charge is 0.194 e. The molecule has 0 unspecified atom stereocenters. The molecule has 8 heteroatoms. The maximum atomic E-state index is 5.48. The fourth-order valence-corrected chi connectivity index (χ4v) is 4.09. The molecule has 2 aromatic heterocycles. The van der Waals surface area contributed by atoms with E-state index in [-0.39, 0.29) is 0 Å². The molecule has 0 amide bonds. The van der Waals surface area contributed by atoms with E-state index in [1.54, 1.807) is 12.6 Å². The van der Waals surface area contributed by atoms with E-state index in [0.717, 1.165) is 63.2 Å². The number of aromatic nitrogens is 3. The molecule has 0 radical (unpaired) electrons. The molecule has 1 aromatic carbocycles. The summed E-state index contributed by atoms with van der Waals surface area (Å²) >= 11 is 0. The third kappa shape index (κ3) is 5.12. The van der Waals surface area contributed by atoms with E-state index in [4.69, 9.17) is 9.41 Å². The highest BCUT2D eigenvalue weighted by atomic mass is 16.3. The monoisotopic (exact) mass is 435 g/mol.